The predicted octanol–water partition coefficient (Wildman–Crippen LogP) is 4.78. The Morgan fingerprint density at radius 3 is 2.48 bits per heavy atom. The molecule has 0 unspecified atom stereocenters. The first-order chi connectivity index (χ1) is 10.8. The number of fused-ring (bicyclic) bond motifs is 1. The van der Waals surface area contributed by atoms with Crippen molar-refractivity contribution in [1.29, 1.82) is 0 Å². The van der Waals surface area contributed by atoms with Gasteiger partial charge in [-0.15, -0.1) is 0 Å². The van der Waals surface area contributed by atoms with E-state index < -0.39 is 11.7 Å². The molecule has 3 rings (SSSR count). The zero-order chi connectivity index (χ0) is 16.8. The molecule has 0 saturated carbocycles. The lowest BCUT2D eigenvalue weighted by Crippen LogP contribution is -2.10. The van der Waals surface area contributed by atoms with Crippen molar-refractivity contribution in [2.45, 2.75) is 25.9 Å². The number of nitrogens with zero attached hydrogens (tertiary/aromatic N) is 3. The Balaban J connectivity index is 2.30. The minimum Gasteiger partial charge on any atom is -0.267 e. The van der Waals surface area contributed by atoms with Gasteiger partial charge in [0, 0.05) is 29.9 Å². The van der Waals surface area contributed by atoms with Crippen molar-refractivity contribution >= 4 is 10.9 Å². The highest BCUT2D eigenvalue weighted by molar-refractivity contribution is 5.94. The summed E-state index contributed by atoms with van der Waals surface area (Å²) in [5.41, 5.74) is 0.821. The molecule has 0 N–H and O–H groups in total. The van der Waals surface area contributed by atoms with E-state index >= 15 is 0 Å². The third-order valence-electron chi connectivity index (χ3n) is 3.83. The van der Waals surface area contributed by atoms with Gasteiger partial charge in [-0.25, -0.2) is 0 Å². The highest BCUT2D eigenvalue weighted by Crippen LogP contribution is 2.39. The largest absolute Gasteiger partial charge is 0.417 e. The second kappa shape index (κ2) is 5.37. The molecule has 0 radical (unpaired) electrons. The Morgan fingerprint density at radius 1 is 1.13 bits per heavy atom. The van der Waals surface area contributed by atoms with Crippen LogP contribution in [0.3, 0.4) is 0 Å². The Morgan fingerprint density at radius 2 is 1.83 bits per heavy atom. The number of rotatable bonds is 2. The molecule has 3 nitrogen and oxygen atoms in total. The zero-order valence-electron chi connectivity index (χ0n) is 13.0. The van der Waals surface area contributed by atoms with Crippen molar-refractivity contribution in [2.75, 3.05) is 0 Å². The maximum atomic E-state index is 13.5. The summed E-state index contributed by atoms with van der Waals surface area (Å²) in [6.07, 6.45) is -3.17. The Bertz CT molecular complexity index is 863. The molecule has 120 valence electrons. The van der Waals surface area contributed by atoms with Gasteiger partial charge < -0.3 is 0 Å². The smallest absolute Gasteiger partial charge is 0.267 e. The summed E-state index contributed by atoms with van der Waals surface area (Å²) in [4.78, 5) is 4.20. The number of para-hydroxylation sites is 1. The first kappa shape index (κ1) is 15.5. The van der Waals surface area contributed by atoms with Gasteiger partial charge in [0.1, 0.15) is 5.69 Å². The van der Waals surface area contributed by atoms with E-state index in [1.54, 1.807) is 23.9 Å². The van der Waals surface area contributed by atoms with E-state index in [4.69, 9.17) is 0 Å². The van der Waals surface area contributed by atoms with E-state index in [2.05, 4.69) is 10.1 Å². The van der Waals surface area contributed by atoms with Crippen LogP contribution in [0.2, 0.25) is 0 Å². The van der Waals surface area contributed by atoms with E-state index in [1.807, 2.05) is 26.0 Å². The standard InChI is InChI=1S/C17H16F3N3/c1-10(2)14-8-13(17(18,19)20)12(9-21-14)16-11-6-4-5-7-15(11)23(3)22-16/h4-10H,1-3H3. The molecule has 0 atom stereocenters. The Labute approximate surface area is 131 Å². The van der Waals surface area contributed by atoms with Crippen LogP contribution in [0.25, 0.3) is 22.2 Å². The van der Waals surface area contributed by atoms with Gasteiger partial charge in [-0.3, -0.25) is 9.67 Å². The van der Waals surface area contributed by atoms with Crippen LogP contribution in [0.1, 0.15) is 31.0 Å². The third kappa shape index (κ3) is 2.69. The van der Waals surface area contributed by atoms with Crippen LogP contribution in [0, 0.1) is 0 Å². The number of hydrogen-bond donors (Lipinski definition) is 0. The maximum Gasteiger partial charge on any atom is 0.417 e. The highest BCUT2D eigenvalue weighted by atomic mass is 19.4. The minimum absolute atomic E-state index is 0.0127. The number of benzene rings is 1. The number of aryl methyl sites for hydroxylation is 1. The zero-order valence-corrected chi connectivity index (χ0v) is 13.0. The number of aromatic nitrogens is 3. The van der Waals surface area contributed by atoms with Crippen molar-refractivity contribution in [3.63, 3.8) is 0 Å². The molecule has 2 aromatic heterocycles. The van der Waals surface area contributed by atoms with E-state index in [9.17, 15) is 13.2 Å². The highest BCUT2D eigenvalue weighted by Gasteiger charge is 2.35. The van der Waals surface area contributed by atoms with Gasteiger partial charge in [0.05, 0.1) is 11.1 Å². The third-order valence-corrected chi connectivity index (χ3v) is 3.83. The fourth-order valence-electron chi connectivity index (χ4n) is 2.62. The lowest BCUT2D eigenvalue weighted by atomic mass is 10.00. The Hall–Kier alpha value is -2.37. The number of halogens is 3. The minimum atomic E-state index is -4.46. The lowest BCUT2D eigenvalue weighted by molar-refractivity contribution is -0.137. The monoisotopic (exact) mass is 319 g/mol. The fourth-order valence-corrected chi connectivity index (χ4v) is 2.62. The second-order valence-electron chi connectivity index (χ2n) is 5.80. The first-order valence-corrected chi connectivity index (χ1v) is 7.28. The summed E-state index contributed by atoms with van der Waals surface area (Å²) in [5, 5.41) is 4.97. The van der Waals surface area contributed by atoms with Gasteiger partial charge in [-0.2, -0.15) is 18.3 Å². The van der Waals surface area contributed by atoms with E-state index in [1.165, 1.54) is 6.20 Å². The number of hydrogen-bond acceptors (Lipinski definition) is 2. The molecule has 0 bridgehead atoms. The van der Waals surface area contributed by atoms with Crippen LogP contribution in [0.5, 0.6) is 0 Å². The topological polar surface area (TPSA) is 30.7 Å². The SMILES string of the molecule is CC(C)c1cc(C(F)(F)F)c(-c2nn(C)c3ccccc23)cn1. The van der Waals surface area contributed by atoms with Crippen LogP contribution in [-0.4, -0.2) is 14.8 Å². The molecule has 2 heterocycles. The molecule has 0 aliphatic carbocycles. The molecule has 3 aromatic rings. The molecule has 0 amide bonds. The van der Waals surface area contributed by atoms with Crippen molar-refractivity contribution < 1.29 is 13.2 Å². The summed E-state index contributed by atoms with van der Waals surface area (Å²) in [6.45, 7) is 3.64. The lowest BCUT2D eigenvalue weighted by Gasteiger charge is -2.14. The van der Waals surface area contributed by atoms with Gasteiger partial charge in [0.2, 0.25) is 0 Å². The average molecular weight is 319 g/mol. The molecule has 0 aliphatic heterocycles. The van der Waals surface area contributed by atoms with Crippen molar-refractivity contribution in [3.8, 4) is 11.3 Å². The molecule has 0 aliphatic rings. The number of pyridine rings is 1. The normalized spacial score (nSPS) is 12.3. The predicted molar refractivity (Wildman–Crippen MR) is 83.0 cm³/mol. The average Bonchev–Trinajstić information content (AvgIpc) is 2.83. The van der Waals surface area contributed by atoms with Crippen LogP contribution < -0.4 is 0 Å². The summed E-state index contributed by atoms with van der Waals surface area (Å²) in [6, 6.07) is 8.35. The van der Waals surface area contributed by atoms with Gasteiger partial charge in [0.25, 0.3) is 0 Å². The Kier molecular flexibility index (Phi) is 3.62. The van der Waals surface area contributed by atoms with Crippen LogP contribution in [-0.2, 0) is 13.2 Å². The molecular formula is C17H16F3N3. The van der Waals surface area contributed by atoms with Gasteiger partial charge in [-0.1, -0.05) is 32.0 Å². The fraction of sp³-hybridized carbons (Fsp3) is 0.294. The number of alkyl halides is 3. The quantitative estimate of drug-likeness (QED) is 0.681. The molecule has 23 heavy (non-hydrogen) atoms. The summed E-state index contributed by atoms with van der Waals surface area (Å²) >= 11 is 0. The molecule has 0 saturated heterocycles. The molecule has 0 spiro atoms. The first-order valence-electron chi connectivity index (χ1n) is 7.28. The van der Waals surface area contributed by atoms with Gasteiger partial charge in [-0.05, 0) is 18.1 Å². The van der Waals surface area contributed by atoms with Crippen LogP contribution >= 0.6 is 0 Å². The van der Waals surface area contributed by atoms with Gasteiger partial charge >= 0.3 is 6.18 Å². The molecule has 1 aromatic carbocycles. The summed E-state index contributed by atoms with van der Waals surface area (Å²) in [7, 11) is 1.72. The van der Waals surface area contributed by atoms with Gasteiger partial charge in [0.15, 0.2) is 0 Å². The van der Waals surface area contributed by atoms with E-state index in [0.717, 1.165) is 11.6 Å². The maximum absolute atomic E-state index is 13.5. The second-order valence-corrected chi connectivity index (χ2v) is 5.80. The van der Waals surface area contributed by atoms with Crippen molar-refractivity contribution in [3.05, 3.63) is 47.8 Å². The summed E-state index contributed by atoms with van der Waals surface area (Å²) in [5.74, 6) is -0.0781. The van der Waals surface area contributed by atoms with Crippen molar-refractivity contribution in [1.82, 2.24) is 14.8 Å². The molecular weight excluding hydrogens is 303 g/mol. The van der Waals surface area contributed by atoms with Crippen molar-refractivity contribution in [2.24, 2.45) is 7.05 Å². The van der Waals surface area contributed by atoms with E-state index in [0.29, 0.717) is 16.8 Å². The van der Waals surface area contributed by atoms with E-state index in [-0.39, 0.29) is 11.5 Å². The molecule has 6 heteroatoms. The van der Waals surface area contributed by atoms with Crippen LogP contribution in [0.15, 0.2) is 36.5 Å². The van der Waals surface area contributed by atoms with Crippen LogP contribution in [0.4, 0.5) is 13.2 Å². The molecule has 0 fully saturated rings. The summed E-state index contributed by atoms with van der Waals surface area (Å²) < 4.78 is 42.2.